The molecule has 184 valence electrons. The number of aromatic nitrogens is 4. The molecule has 0 N–H and O–H groups in total. The van der Waals surface area contributed by atoms with Gasteiger partial charge in [0, 0.05) is 12.7 Å². The summed E-state index contributed by atoms with van der Waals surface area (Å²) in [5, 5.41) is 7.51. The number of benzene rings is 1. The van der Waals surface area contributed by atoms with Crippen molar-refractivity contribution in [2.75, 3.05) is 0 Å². The molecule has 35 heavy (non-hydrogen) atoms. The first-order chi connectivity index (χ1) is 16.5. The van der Waals surface area contributed by atoms with Crippen LogP contribution in [-0.4, -0.2) is 36.6 Å². The molecule has 2 bridgehead atoms. The summed E-state index contributed by atoms with van der Waals surface area (Å²) in [5.41, 5.74) is -2.27. The number of rotatable bonds is 2. The highest BCUT2D eigenvalue weighted by molar-refractivity contribution is 6.34. The van der Waals surface area contributed by atoms with E-state index in [0.717, 1.165) is 36.9 Å². The minimum Gasteiger partial charge on any atom is -0.324 e. The zero-order valence-electron chi connectivity index (χ0n) is 17.7. The fourth-order valence-electron chi connectivity index (χ4n) is 4.75. The monoisotopic (exact) mass is 515 g/mol. The van der Waals surface area contributed by atoms with Gasteiger partial charge in [-0.2, -0.15) is 26.3 Å². The minimum absolute atomic E-state index is 0.0163. The van der Waals surface area contributed by atoms with Crippen LogP contribution in [0, 0.1) is 0 Å². The van der Waals surface area contributed by atoms with Gasteiger partial charge in [-0.1, -0.05) is 17.7 Å². The summed E-state index contributed by atoms with van der Waals surface area (Å²) in [7, 11) is 0. The number of piperidine rings is 1. The molecule has 3 aromatic rings. The average Bonchev–Trinajstić information content (AvgIpc) is 3.20. The molecule has 4 heterocycles. The molecule has 0 radical (unpaired) electrons. The Labute approximate surface area is 199 Å². The summed E-state index contributed by atoms with van der Waals surface area (Å²) >= 11 is 6.00. The number of fused-ring (bicyclic) bond motifs is 4. The third-order valence-electron chi connectivity index (χ3n) is 6.30. The lowest BCUT2D eigenvalue weighted by Crippen LogP contribution is -2.52. The molecule has 1 aromatic carbocycles. The van der Waals surface area contributed by atoms with Gasteiger partial charge in [0.2, 0.25) is 0 Å². The van der Waals surface area contributed by atoms with Crippen LogP contribution in [-0.2, 0) is 18.9 Å². The molecule has 2 aromatic heterocycles. The maximum absolute atomic E-state index is 13.4. The lowest BCUT2D eigenvalue weighted by molar-refractivity contribution is -0.138. The Morgan fingerprint density at radius 2 is 1.80 bits per heavy atom. The number of amides is 1. The zero-order valence-corrected chi connectivity index (χ0v) is 18.5. The first-order valence-corrected chi connectivity index (χ1v) is 11.0. The second-order valence-corrected chi connectivity index (χ2v) is 8.78. The van der Waals surface area contributed by atoms with Crippen LogP contribution < -0.4 is 0 Å². The average molecular weight is 516 g/mol. The number of carbonyl (C=O) groups excluding carboxylic acids is 1. The lowest BCUT2D eigenvalue weighted by Gasteiger charge is -2.45. The van der Waals surface area contributed by atoms with E-state index in [1.54, 1.807) is 4.57 Å². The minimum atomic E-state index is -4.72. The molecular formula is C22H16ClF6N5O. The van der Waals surface area contributed by atoms with Crippen LogP contribution in [0.15, 0.2) is 36.5 Å². The van der Waals surface area contributed by atoms with Gasteiger partial charge in [-0.05, 0) is 43.5 Å². The van der Waals surface area contributed by atoms with Crippen molar-refractivity contribution in [3.63, 3.8) is 0 Å². The van der Waals surface area contributed by atoms with Crippen molar-refractivity contribution in [1.82, 2.24) is 24.6 Å². The highest BCUT2D eigenvalue weighted by atomic mass is 35.5. The molecule has 0 aliphatic carbocycles. The van der Waals surface area contributed by atoms with E-state index in [0.29, 0.717) is 18.7 Å². The van der Waals surface area contributed by atoms with Gasteiger partial charge < -0.3 is 9.47 Å². The maximum atomic E-state index is 13.4. The van der Waals surface area contributed by atoms with E-state index in [1.807, 2.05) is 0 Å². The van der Waals surface area contributed by atoms with E-state index in [-0.39, 0.29) is 23.6 Å². The van der Waals surface area contributed by atoms with Gasteiger partial charge in [-0.25, -0.2) is 0 Å². The molecule has 0 spiro atoms. The Hall–Kier alpha value is -3.15. The van der Waals surface area contributed by atoms with Gasteiger partial charge in [0.15, 0.2) is 11.6 Å². The third kappa shape index (κ3) is 4.03. The van der Waals surface area contributed by atoms with Crippen LogP contribution >= 0.6 is 11.6 Å². The predicted octanol–water partition coefficient (Wildman–Crippen LogP) is 5.78. The molecule has 5 rings (SSSR count). The molecule has 1 saturated heterocycles. The van der Waals surface area contributed by atoms with Crippen molar-refractivity contribution in [3.05, 3.63) is 64.1 Å². The topological polar surface area (TPSA) is 63.9 Å². The van der Waals surface area contributed by atoms with Crippen LogP contribution in [0.1, 0.15) is 52.6 Å². The summed E-state index contributed by atoms with van der Waals surface area (Å²) in [4.78, 5) is 18.9. The van der Waals surface area contributed by atoms with Gasteiger partial charge in [0.25, 0.3) is 5.91 Å². The van der Waals surface area contributed by atoms with E-state index in [1.165, 1.54) is 11.0 Å². The summed E-state index contributed by atoms with van der Waals surface area (Å²) in [6.45, 7) is 0.161. The Balaban J connectivity index is 1.53. The van der Waals surface area contributed by atoms with Crippen molar-refractivity contribution in [2.24, 2.45) is 0 Å². The number of pyridine rings is 1. The van der Waals surface area contributed by atoms with Gasteiger partial charge in [-0.15, -0.1) is 10.2 Å². The Morgan fingerprint density at radius 1 is 1.03 bits per heavy atom. The number of hydrogen-bond donors (Lipinski definition) is 0. The van der Waals surface area contributed by atoms with Crippen LogP contribution in [0.2, 0.25) is 5.02 Å². The number of carbonyl (C=O) groups is 1. The molecule has 13 heteroatoms. The van der Waals surface area contributed by atoms with Gasteiger partial charge >= 0.3 is 12.4 Å². The quantitative estimate of drug-likeness (QED) is 0.406. The number of nitrogens with zero attached hydrogens (tertiary/aromatic N) is 5. The molecular weight excluding hydrogens is 500 g/mol. The van der Waals surface area contributed by atoms with Gasteiger partial charge in [0.1, 0.15) is 5.69 Å². The first-order valence-electron chi connectivity index (χ1n) is 10.6. The molecule has 2 unspecified atom stereocenters. The number of halogens is 7. The van der Waals surface area contributed by atoms with Crippen molar-refractivity contribution in [1.29, 1.82) is 0 Å². The zero-order chi connectivity index (χ0) is 25.1. The molecule has 0 saturated carbocycles. The van der Waals surface area contributed by atoms with Crippen molar-refractivity contribution >= 4 is 17.5 Å². The molecule has 1 fully saturated rings. The van der Waals surface area contributed by atoms with E-state index in [4.69, 9.17) is 11.6 Å². The predicted molar refractivity (Wildman–Crippen MR) is 111 cm³/mol. The van der Waals surface area contributed by atoms with Crippen LogP contribution in [0.5, 0.6) is 0 Å². The fourth-order valence-corrected chi connectivity index (χ4v) is 5.06. The summed E-state index contributed by atoms with van der Waals surface area (Å²) in [6, 6.07) is 3.86. The van der Waals surface area contributed by atoms with Crippen LogP contribution in [0.3, 0.4) is 0 Å². The standard InChI is InChI=1S/C22H16ClF6N5O/c23-17-13(4-2-5-14(17)22(27,28)29)20(35)34-12-3-1-6-16(34)19-32-31-18(33(19)10-12)15-9-11(7-8-30-15)21(24,25)26/h2,4-5,7-9,12,16H,1,3,6,10H2. The second-order valence-electron chi connectivity index (χ2n) is 8.40. The molecule has 2 aliphatic rings. The van der Waals surface area contributed by atoms with Gasteiger partial charge in [0.05, 0.1) is 33.8 Å². The highest BCUT2D eigenvalue weighted by Crippen LogP contribution is 2.43. The van der Waals surface area contributed by atoms with Gasteiger partial charge in [-0.3, -0.25) is 9.78 Å². The molecule has 2 aliphatic heterocycles. The number of hydrogen-bond acceptors (Lipinski definition) is 4. The smallest absolute Gasteiger partial charge is 0.324 e. The van der Waals surface area contributed by atoms with Crippen molar-refractivity contribution < 1.29 is 31.1 Å². The van der Waals surface area contributed by atoms with E-state index >= 15 is 0 Å². The van der Waals surface area contributed by atoms with E-state index in [2.05, 4.69) is 15.2 Å². The summed E-state index contributed by atoms with van der Waals surface area (Å²) in [5.74, 6) is -0.192. The number of alkyl halides is 6. The lowest BCUT2D eigenvalue weighted by atomic mass is 9.90. The molecule has 2 atom stereocenters. The van der Waals surface area contributed by atoms with Crippen LogP contribution in [0.25, 0.3) is 11.5 Å². The van der Waals surface area contributed by atoms with Crippen molar-refractivity contribution in [3.8, 4) is 11.5 Å². The Bertz CT molecular complexity index is 1300. The van der Waals surface area contributed by atoms with E-state index < -0.39 is 46.5 Å². The van der Waals surface area contributed by atoms with Crippen molar-refractivity contribution in [2.45, 2.75) is 50.2 Å². The van der Waals surface area contributed by atoms with E-state index in [9.17, 15) is 31.1 Å². The second kappa shape index (κ2) is 8.21. The normalized spacial score (nSPS) is 20.0. The largest absolute Gasteiger partial charge is 0.417 e. The Morgan fingerprint density at radius 3 is 2.51 bits per heavy atom. The third-order valence-corrected chi connectivity index (χ3v) is 6.71. The SMILES string of the molecule is O=C(c1cccc(C(F)(F)F)c1Cl)N1C2CCCC1c1nnc(-c3cc(C(F)(F)F)ccn3)n1C2. The molecule has 1 amide bonds. The Kier molecular flexibility index (Phi) is 5.53. The maximum Gasteiger partial charge on any atom is 0.417 e. The molecule has 6 nitrogen and oxygen atoms in total. The highest BCUT2D eigenvalue weighted by Gasteiger charge is 2.44. The summed E-state index contributed by atoms with van der Waals surface area (Å²) in [6.07, 6.45) is -6.50. The first kappa shape index (κ1) is 23.6. The fraction of sp³-hybridized carbons (Fsp3) is 0.364. The van der Waals surface area contributed by atoms with Crippen LogP contribution in [0.4, 0.5) is 26.3 Å². The summed E-state index contributed by atoms with van der Waals surface area (Å²) < 4.78 is 81.1.